The van der Waals surface area contributed by atoms with E-state index in [0.29, 0.717) is 12.1 Å². The van der Waals surface area contributed by atoms with Crippen LogP contribution in [0, 0.1) is 18.2 Å². The third-order valence-corrected chi connectivity index (χ3v) is 5.12. The lowest BCUT2D eigenvalue weighted by molar-refractivity contribution is -0.154. The van der Waals surface area contributed by atoms with Crippen molar-refractivity contribution < 1.29 is 9.13 Å². The van der Waals surface area contributed by atoms with E-state index in [1.807, 2.05) is 19.1 Å². The molecule has 1 aliphatic carbocycles. The molecule has 1 saturated carbocycles. The molecule has 2 N–H and O–H groups in total. The number of rotatable bonds is 3. The molecule has 0 unspecified atom stereocenters. The molecular weight excluding hydrogens is 229 g/mol. The number of ether oxygens (including phenoxy) is 1. The molecule has 1 aromatic rings. The molecule has 3 rings (SSSR count). The minimum Gasteiger partial charge on any atom is -0.379 e. The zero-order valence-electron chi connectivity index (χ0n) is 10.8. The van der Waals surface area contributed by atoms with E-state index < -0.39 is 0 Å². The van der Waals surface area contributed by atoms with Crippen molar-refractivity contribution in [3.8, 4) is 0 Å². The predicted octanol–water partition coefficient (Wildman–Crippen LogP) is 2.53. The first-order chi connectivity index (χ1) is 8.63. The fourth-order valence-electron chi connectivity index (χ4n) is 3.51. The highest BCUT2D eigenvalue weighted by Gasteiger charge is 2.58. The van der Waals surface area contributed by atoms with E-state index in [2.05, 4.69) is 0 Å². The molecule has 3 heteroatoms. The van der Waals surface area contributed by atoms with Gasteiger partial charge >= 0.3 is 0 Å². The molecule has 1 saturated heterocycles. The highest BCUT2D eigenvalue weighted by Crippen LogP contribution is 2.57. The van der Waals surface area contributed by atoms with Crippen molar-refractivity contribution >= 4 is 0 Å². The van der Waals surface area contributed by atoms with E-state index in [-0.39, 0.29) is 16.6 Å². The molecule has 0 amide bonds. The Morgan fingerprint density at radius 1 is 1.33 bits per heavy atom. The summed E-state index contributed by atoms with van der Waals surface area (Å²) >= 11 is 0. The SMILES string of the molecule is Cc1cc(C2(C3(CN)CCC3)COC2)ccc1F. The summed E-state index contributed by atoms with van der Waals surface area (Å²) in [6.45, 7) is 3.99. The van der Waals surface area contributed by atoms with Crippen LogP contribution in [-0.4, -0.2) is 19.8 Å². The maximum Gasteiger partial charge on any atom is 0.126 e. The molecule has 1 aromatic carbocycles. The van der Waals surface area contributed by atoms with Gasteiger partial charge in [-0.05, 0) is 48.9 Å². The van der Waals surface area contributed by atoms with Crippen LogP contribution in [0.1, 0.15) is 30.4 Å². The zero-order valence-corrected chi connectivity index (χ0v) is 10.8. The lowest BCUT2D eigenvalue weighted by Crippen LogP contribution is -2.64. The minimum absolute atomic E-state index is 0.0263. The van der Waals surface area contributed by atoms with Crippen molar-refractivity contribution in [3.63, 3.8) is 0 Å². The summed E-state index contributed by atoms with van der Waals surface area (Å²) in [5, 5.41) is 0. The number of benzene rings is 1. The molecule has 98 valence electrons. The second-order valence-corrected chi connectivity index (χ2v) is 5.88. The van der Waals surface area contributed by atoms with E-state index in [0.717, 1.165) is 13.2 Å². The molecule has 0 spiro atoms. The Hall–Kier alpha value is -0.930. The van der Waals surface area contributed by atoms with Gasteiger partial charge in [0.05, 0.1) is 13.2 Å². The summed E-state index contributed by atoms with van der Waals surface area (Å²) in [6, 6.07) is 5.47. The van der Waals surface area contributed by atoms with E-state index >= 15 is 0 Å². The Kier molecular flexibility index (Phi) is 2.72. The second-order valence-electron chi connectivity index (χ2n) is 5.88. The van der Waals surface area contributed by atoms with Gasteiger partial charge in [0, 0.05) is 5.41 Å². The van der Waals surface area contributed by atoms with Crippen LogP contribution in [0.15, 0.2) is 18.2 Å². The largest absolute Gasteiger partial charge is 0.379 e. The predicted molar refractivity (Wildman–Crippen MR) is 69.0 cm³/mol. The number of hydrogen-bond acceptors (Lipinski definition) is 2. The van der Waals surface area contributed by atoms with E-state index in [1.165, 1.54) is 24.8 Å². The summed E-state index contributed by atoms with van der Waals surface area (Å²) in [7, 11) is 0. The van der Waals surface area contributed by atoms with Crippen LogP contribution in [0.4, 0.5) is 4.39 Å². The van der Waals surface area contributed by atoms with Gasteiger partial charge in [0.25, 0.3) is 0 Å². The summed E-state index contributed by atoms with van der Waals surface area (Å²) in [6.07, 6.45) is 3.59. The number of hydrogen-bond donors (Lipinski definition) is 1. The van der Waals surface area contributed by atoms with Gasteiger partial charge in [-0.2, -0.15) is 0 Å². The third kappa shape index (κ3) is 1.41. The number of halogens is 1. The van der Waals surface area contributed by atoms with Crippen LogP contribution < -0.4 is 5.73 Å². The second kappa shape index (κ2) is 4.04. The minimum atomic E-state index is -0.135. The van der Waals surface area contributed by atoms with Crippen molar-refractivity contribution in [1.29, 1.82) is 0 Å². The lowest BCUT2D eigenvalue weighted by Gasteiger charge is -2.60. The van der Waals surface area contributed by atoms with Crippen molar-refractivity contribution in [3.05, 3.63) is 35.1 Å². The topological polar surface area (TPSA) is 35.2 Å². The molecule has 0 aromatic heterocycles. The molecule has 2 nitrogen and oxygen atoms in total. The Labute approximate surface area is 107 Å². The molecule has 0 bridgehead atoms. The van der Waals surface area contributed by atoms with Gasteiger partial charge in [-0.25, -0.2) is 4.39 Å². The normalized spacial score (nSPS) is 24.2. The van der Waals surface area contributed by atoms with Gasteiger partial charge < -0.3 is 10.5 Å². The summed E-state index contributed by atoms with van der Waals surface area (Å²) in [4.78, 5) is 0. The molecule has 1 heterocycles. The molecule has 0 radical (unpaired) electrons. The summed E-state index contributed by atoms with van der Waals surface area (Å²) in [5.74, 6) is -0.135. The van der Waals surface area contributed by atoms with Crippen LogP contribution in [0.2, 0.25) is 0 Å². The highest BCUT2D eigenvalue weighted by atomic mass is 19.1. The molecule has 2 fully saturated rings. The maximum absolute atomic E-state index is 13.4. The quantitative estimate of drug-likeness (QED) is 0.893. The van der Waals surface area contributed by atoms with Crippen LogP contribution in [-0.2, 0) is 10.2 Å². The van der Waals surface area contributed by atoms with Crippen LogP contribution in [0.3, 0.4) is 0 Å². The van der Waals surface area contributed by atoms with Gasteiger partial charge in [-0.1, -0.05) is 18.6 Å². The first kappa shape index (κ1) is 12.1. The lowest BCUT2D eigenvalue weighted by atomic mass is 9.49. The average molecular weight is 249 g/mol. The van der Waals surface area contributed by atoms with Gasteiger partial charge in [0.1, 0.15) is 5.82 Å². The fraction of sp³-hybridized carbons (Fsp3) is 0.600. The van der Waals surface area contributed by atoms with Gasteiger partial charge in [0.15, 0.2) is 0 Å². The third-order valence-electron chi connectivity index (χ3n) is 5.12. The van der Waals surface area contributed by atoms with Gasteiger partial charge in [-0.15, -0.1) is 0 Å². The van der Waals surface area contributed by atoms with Crippen LogP contribution >= 0.6 is 0 Å². The Bertz CT molecular complexity index is 458. The van der Waals surface area contributed by atoms with Crippen molar-refractivity contribution in [2.45, 2.75) is 31.6 Å². The molecule has 18 heavy (non-hydrogen) atoms. The van der Waals surface area contributed by atoms with Crippen molar-refractivity contribution in [2.24, 2.45) is 11.1 Å². The first-order valence-electron chi connectivity index (χ1n) is 6.68. The Balaban J connectivity index is 2.03. The Morgan fingerprint density at radius 2 is 2.06 bits per heavy atom. The smallest absolute Gasteiger partial charge is 0.126 e. The van der Waals surface area contributed by atoms with E-state index in [1.54, 1.807) is 6.07 Å². The molecular formula is C15H20FNO. The van der Waals surface area contributed by atoms with Crippen molar-refractivity contribution in [1.82, 2.24) is 0 Å². The molecule has 0 atom stereocenters. The van der Waals surface area contributed by atoms with Gasteiger partial charge in [-0.3, -0.25) is 0 Å². The standard InChI is InChI=1S/C15H20FNO/c1-11-7-12(3-4-13(11)16)15(9-18-10-15)14(8-17)5-2-6-14/h3-4,7H,2,5-6,8-10,17H2,1H3. The van der Waals surface area contributed by atoms with E-state index in [4.69, 9.17) is 10.5 Å². The van der Waals surface area contributed by atoms with Crippen molar-refractivity contribution in [2.75, 3.05) is 19.8 Å². The maximum atomic E-state index is 13.4. The van der Waals surface area contributed by atoms with Crippen LogP contribution in [0.5, 0.6) is 0 Å². The fourth-order valence-corrected chi connectivity index (χ4v) is 3.51. The summed E-state index contributed by atoms with van der Waals surface area (Å²) in [5.41, 5.74) is 8.16. The van der Waals surface area contributed by atoms with Crippen LogP contribution in [0.25, 0.3) is 0 Å². The monoisotopic (exact) mass is 249 g/mol. The number of nitrogens with two attached hydrogens (primary N) is 1. The Morgan fingerprint density at radius 3 is 2.44 bits per heavy atom. The molecule has 1 aliphatic heterocycles. The zero-order chi connectivity index (χ0) is 12.8. The van der Waals surface area contributed by atoms with E-state index in [9.17, 15) is 4.39 Å². The number of aryl methyl sites for hydroxylation is 1. The highest BCUT2D eigenvalue weighted by molar-refractivity contribution is 5.36. The molecule has 2 aliphatic rings. The average Bonchev–Trinajstić information content (AvgIpc) is 2.25. The first-order valence-corrected chi connectivity index (χ1v) is 6.68. The van der Waals surface area contributed by atoms with Gasteiger partial charge in [0.2, 0.25) is 0 Å². The summed E-state index contributed by atoms with van der Waals surface area (Å²) < 4.78 is 18.9.